The zero-order chi connectivity index (χ0) is 21.0. The summed E-state index contributed by atoms with van der Waals surface area (Å²) in [7, 11) is 3.10. The number of likely N-dealkylation sites (N-methyl/N-ethyl adjacent to an activating group) is 1. The fourth-order valence-electron chi connectivity index (χ4n) is 3.90. The van der Waals surface area contributed by atoms with Crippen LogP contribution in [0, 0.1) is 5.82 Å². The summed E-state index contributed by atoms with van der Waals surface area (Å²) in [4.78, 5) is 23.4. The molecule has 0 saturated heterocycles. The minimum atomic E-state index is -1.52. The second kappa shape index (κ2) is 6.28. The number of aromatic nitrogens is 1. The van der Waals surface area contributed by atoms with Crippen molar-refractivity contribution in [3.63, 3.8) is 0 Å². The van der Waals surface area contributed by atoms with Gasteiger partial charge in [-0.05, 0) is 42.0 Å². The maximum atomic E-state index is 14.2. The predicted molar refractivity (Wildman–Crippen MR) is 108 cm³/mol. The number of halogens is 1. The van der Waals surface area contributed by atoms with Gasteiger partial charge in [-0.1, -0.05) is 6.07 Å². The molecule has 5 rings (SSSR count). The molecule has 150 valence electrons. The fourth-order valence-corrected chi connectivity index (χ4v) is 3.90. The molecule has 7 nitrogen and oxygen atoms in total. The number of carbonyl (C=O) groups is 1. The van der Waals surface area contributed by atoms with Crippen LogP contribution in [0.1, 0.15) is 11.1 Å². The van der Waals surface area contributed by atoms with E-state index in [0.717, 1.165) is 11.1 Å². The van der Waals surface area contributed by atoms with Crippen molar-refractivity contribution in [1.82, 2.24) is 9.88 Å². The number of aliphatic imine (C=N–C) groups is 1. The quantitative estimate of drug-likeness (QED) is 0.709. The van der Waals surface area contributed by atoms with E-state index in [0.29, 0.717) is 28.4 Å². The minimum Gasteiger partial charge on any atom is -0.495 e. The number of carbonyl (C=O) groups excluding carboxylic acids is 1. The first-order chi connectivity index (χ1) is 14.4. The molecular formula is C22H17FN4O3. The first-order valence-corrected chi connectivity index (χ1v) is 9.19. The lowest BCUT2D eigenvalue weighted by Crippen LogP contribution is -2.42. The number of nitrogens with zero attached hydrogens (tertiary/aromatic N) is 3. The number of methoxy groups -OCH3 is 1. The van der Waals surface area contributed by atoms with Crippen LogP contribution in [0.5, 0.6) is 17.2 Å². The normalized spacial score (nSPS) is 19.2. The molecular weight excluding hydrogens is 387 g/mol. The third kappa shape index (κ3) is 2.40. The third-order valence-corrected chi connectivity index (χ3v) is 5.44. The SMILES string of the molecule is COc1cncc(-c2ccc3c(c2)C2(N=C(N)N(C)C2=O)c2cc(F)ccc2O3)c1. The molecule has 0 fully saturated rings. The Bertz CT molecular complexity index is 1240. The van der Waals surface area contributed by atoms with Crippen LogP contribution in [-0.2, 0) is 10.3 Å². The van der Waals surface area contributed by atoms with E-state index in [9.17, 15) is 9.18 Å². The zero-order valence-corrected chi connectivity index (χ0v) is 16.2. The van der Waals surface area contributed by atoms with Crippen molar-refractivity contribution in [3.8, 4) is 28.4 Å². The van der Waals surface area contributed by atoms with Gasteiger partial charge in [-0.25, -0.2) is 9.38 Å². The highest BCUT2D eigenvalue weighted by molar-refractivity contribution is 6.10. The van der Waals surface area contributed by atoms with E-state index in [-0.39, 0.29) is 11.9 Å². The van der Waals surface area contributed by atoms with Gasteiger partial charge in [-0.3, -0.25) is 14.7 Å². The van der Waals surface area contributed by atoms with Gasteiger partial charge in [0.2, 0.25) is 5.54 Å². The van der Waals surface area contributed by atoms with Crippen LogP contribution in [0.4, 0.5) is 4.39 Å². The number of hydrogen-bond acceptors (Lipinski definition) is 6. The molecule has 2 aliphatic rings. The van der Waals surface area contributed by atoms with Crippen LogP contribution in [0.15, 0.2) is 59.9 Å². The van der Waals surface area contributed by atoms with Crippen LogP contribution < -0.4 is 15.2 Å². The van der Waals surface area contributed by atoms with E-state index < -0.39 is 11.4 Å². The van der Waals surface area contributed by atoms with Gasteiger partial charge in [-0.2, -0.15) is 0 Å². The van der Waals surface area contributed by atoms with Gasteiger partial charge in [0.25, 0.3) is 5.91 Å². The molecule has 2 aromatic carbocycles. The Kier molecular flexibility index (Phi) is 3.79. The fraction of sp³-hybridized carbons (Fsp3) is 0.136. The van der Waals surface area contributed by atoms with Gasteiger partial charge in [0.15, 0.2) is 5.96 Å². The minimum absolute atomic E-state index is 0.0523. The third-order valence-electron chi connectivity index (χ3n) is 5.44. The topological polar surface area (TPSA) is 90.0 Å². The van der Waals surface area contributed by atoms with Crippen LogP contribution in [0.2, 0.25) is 0 Å². The first kappa shape index (κ1) is 18.1. The Morgan fingerprint density at radius 1 is 1.07 bits per heavy atom. The van der Waals surface area contributed by atoms with Crippen molar-refractivity contribution in [1.29, 1.82) is 0 Å². The van der Waals surface area contributed by atoms with Crippen LogP contribution in [0.25, 0.3) is 11.1 Å². The van der Waals surface area contributed by atoms with E-state index in [1.54, 1.807) is 38.7 Å². The summed E-state index contributed by atoms with van der Waals surface area (Å²) in [6.45, 7) is 0. The number of fused-ring (bicyclic) bond motifs is 4. The van der Waals surface area contributed by atoms with Gasteiger partial charge in [0.05, 0.1) is 13.3 Å². The summed E-state index contributed by atoms with van der Waals surface area (Å²) < 4.78 is 25.4. The zero-order valence-electron chi connectivity index (χ0n) is 16.2. The van der Waals surface area contributed by atoms with E-state index in [1.807, 2.05) is 12.1 Å². The Labute approximate surface area is 171 Å². The number of nitrogens with two attached hydrogens (primary N) is 1. The number of rotatable bonds is 2. The van der Waals surface area contributed by atoms with Crippen LogP contribution >= 0.6 is 0 Å². The molecule has 3 aromatic rings. The molecule has 2 N–H and O–H groups in total. The average molecular weight is 404 g/mol. The first-order valence-electron chi connectivity index (χ1n) is 9.19. The lowest BCUT2D eigenvalue weighted by atomic mass is 9.79. The van der Waals surface area contributed by atoms with E-state index in [2.05, 4.69) is 9.98 Å². The molecule has 1 atom stereocenters. The summed E-state index contributed by atoms with van der Waals surface area (Å²) in [5.41, 5.74) is 6.85. The summed E-state index contributed by atoms with van der Waals surface area (Å²) in [6, 6.07) is 11.3. The molecule has 0 bridgehead atoms. The molecule has 30 heavy (non-hydrogen) atoms. The highest BCUT2D eigenvalue weighted by atomic mass is 19.1. The second-order valence-corrected chi connectivity index (χ2v) is 7.11. The number of guanidine groups is 1. The highest BCUT2D eigenvalue weighted by Gasteiger charge is 2.54. The molecule has 1 amide bonds. The standard InChI is InChI=1S/C22H17FN4O3/c1-27-20(28)22(26-21(27)24)16-8-12(13-7-15(29-2)11-25-10-13)3-5-18(16)30-19-6-4-14(23)9-17(19)22/h3-11H,1-2H3,(H2,24,26). The van der Waals surface area contributed by atoms with Gasteiger partial charge < -0.3 is 15.2 Å². The largest absolute Gasteiger partial charge is 0.495 e. The Hall–Kier alpha value is -3.94. The summed E-state index contributed by atoms with van der Waals surface area (Å²) in [6.07, 6.45) is 3.29. The lowest BCUT2D eigenvalue weighted by Gasteiger charge is -2.33. The van der Waals surface area contributed by atoms with Crippen molar-refractivity contribution in [2.24, 2.45) is 10.7 Å². The van der Waals surface area contributed by atoms with E-state index in [4.69, 9.17) is 15.2 Å². The number of ether oxygens (including phenoxy) is 2. The van der Waals surface area contributed by atoms with Gasteiger partial charge >= 0.3 is 0 Å². The molecule has 3 heterocycles. The molecule has 2 aliphatic heterocycles. The summed E-state index contributed by atoms with van der Waals surface area (Å²) >= 11 is 0. The predicted octanol–water partition coefficient (Wildman–Crippen LogP) is 3.03. The van der Waals surface area contributed by atoms with E-state index >= 15 is 0 Å². The average Bonchev–Trinajstić information content (AvgIpc) is 2.99. The monoisotopic (exact) mass is 404 g/mol. The molecule has 0 aliphatic carbocycles. The van der Waals surface area contributed by atoms with Gasteiger partial charge in [-0.15, -0.1) is 0 Å². The van der Waals surface area contributed by atoms with Gasteiger partial charge in [0.1, 0.15) is 23.1 Å². The van der Waals surface area contributed by atoms with Crippen molar-refractivity contribution in [3.05, 3.63) is 71.8 Å². The Balaban J connectivity index is 1.78. The Morgan fingerprint density at radius 2 is 1.80 bits per heavy atom. The Morgan fingerprint density at radius 3 is 2.50 bits per heavy atom. The maximum Gasteiger partial charge on any atom is 0.266 e. The number of benzene rings is 2. The van der Waals surface area contributed by atoms with Crippen LogP contribution in [-0.4, -0.2) is 35.9 Å². The van der Waals surface area contributed by atoms with Crippen molar-refractivity contribution in [2.75, 3.05) is 14.2 Å². The van der Waals surface area contributed by atoms with Gasteiger partial charge in [0, 0.05) is 29.9 Å². The van der Waals surface area contributed by atoms with Crippen molar-refractivity contribution < 1.29 is 18.7 Å². The molecule has 1 spiro atoms. The highest BCUT2D eigenvalue weighted by Crippen LogP contribution is 2.52. The second-order valence-electron chi connectivity index (χ2n) is 7.11. The lowest BCUT2D eigenvalue weighted by molar-refractivity contribution is -0.129. The number of amides is 1. The molecule has 8 heteroatoms. The molecule has 1 unspecified atom stereocenters. The number of hydrogen-bond donors (Lipinski definition) is 1. The smallest absolute Gasteiger partial charge is 0.266 e. The van der Waals surface area contributed by atoms with Crippen molar-refractivity contribution >= 4 is 11.9 Å². The van der Waals surface area contributed by atoms with Crippen molar-refractivity contribution in [2.45, 2.75) is 5.54 Å². The summed E-state index contributed by atoms with van der Waals surface area (Å²) in [5, 5.41) is 0. The maximum absolute atomic E-state index is 14.2. The summed E-state index contributed by atoms with van der Waals surface area (Å²) in [5.74, 6) is 0.592. The molecule has 1 aromatic heterocycles. The van der Waals surface area contributed by atoms with E-state index in [1.165, 1.54) is 23.1 Å². The number of pyridine rings is 1. The molecule has 0 radical (unpaired) electrons. The molecule has 0 saturated carbocycles. The van der Waals surface area contributed by atoms with Crippen LogP contribution in [0.3, 0.4) is 0 Å².